The fourth-order valence-corrected chi connectivity index (χ4v) is 0.259. The molecule has 3 N–H and O–H groups in total. The lowest BCUT2D eigenvalue weighted by atomic mass is 10.7. The van der Waals surface area contributed by atoms with Crippen molar-refractivity contribution in [3.63, 3.8) is 0 Å². The van der Waals surface area contributed by atoms with Crippen LogP contribution in [0.15, 0.2) is 22.9 Å². The molecular weight excluding hydrogens is 150 g/mol. The maximum absolute atomic E-state index is 9.70. The predicted octanol–water partition coefficient (Wildman–Crippen LogP) is -0.746. The summed E-state index contributed by atoms with van der Waals surface area (Å²) in [7, 11) is 0. The quantitative estimate of drug-likeness (QED) is 0.243. The van der Waals surface area contributed by atoms with Crippen molar-refractivity contribution < 1.29 is 5.03 Å². The Morgan fingerprint density at radius 3 is 2.91 bits per heavy atom. The average Bonchev–Trinajstić information content (AvgIpc) is 1.86. The first-order valence-electron chi connectivity index (χ1n) is 2.55. The van der Waals surface area contributed by atoms with E-state index in [0.29, 0.717) is 0 Å². The highest BCUT2D eigenvalue weighted by Gasteiger charge is 1.95. The first-order valence-corrected chi connectivity index (χ1v) is 2.55. The highest BCUT2D eigenvalue weighted by Crippen LogP contribution is 1.69. The summed E-state index contributed by atoms with van der Waals surface area (Å²) in [5, 5.41) is 15.4. The Balaban J connectivity index is 3.90. The van der Waals surface area contributed by atoms with E-state index in [0.717, 1.165) is 0 Å². The molecule has 0 unspecified atom stereocenters. The lowest BCUT2D eigenvalue weighted by Crippen LogP contribution is -2.35. The van der Waals surface area contributed by atoms with Gasteiger partial charge in [0.25, 0.3) is 5.96 Å². The summed E-state index contributed by atoms with van der Waals surface area (Å²) < 4.78 is 0. The van der Waals surface area contributed by atoms with Crippen LogP contribution in [-0.4, -0.2) is 17.2 Å². The number of hydrazine groups is 1. The first kappa shape index (κ1) is 9.08. The summed E-state index contributed by atoms with van der Waals surface area (Å²) in [6.07, 6.45) is 2.61. The van der Waals surface area contributed by atoms with Crippen LogP contribution in [0, 0.1) is 10.1 Å². The van der Waals surface area contributed by atoms with Crippen LogP contribution in [-0.2, 0) is 0 Å². The molecule has 0 rings (SSSR count). The molecule has 0 aromatic carbocycles. The van der Waals surface area contributed by atoms with Gasteiger partial charge in [-0.15, -0.1) is 5.10 Å². The maximum Gasteiger partial charge on any atom is 0.275 e. The molecule has 0 aromatic rings. The zero-order valence-electron chi connectivity index (χ0n) is 5.60. The second-order valence-electron chi connectivity index (χ2n) is 1.35. The van der Waals surface area contributed by atoms with Gasteiger partial charge in [-0.25, -0.2) is 10.1 Å². The van der Waals surface area contributed by atoms with E-state index >= 15 is 0 Å². The Kier molecular flexibility index (Phi) is 4.06. The van der Waals surface area contributed by atoms with Crippen LogP contribution >= 0.6 is 0 Å². The van der Waals surface area contributed by atoms with E-state index in [1.165, 1.54) is 12.3 Å². The molecule has 7 nitrogen and oxygen atoms in total. The zero-order chi connectivity index (χ0) is 8.69. The van der Waals surface area contributed by atoms with Gasteiger partial charge < -0.3 is 5.73 Å². The molecule has 0 spiro atoms. The Morgan fingerprint density at radius 1 is 1.82 bits per heavy atom. The van der Waals surface area contributed by atoms with Crippen molar-refractivity contribution in [3.05, 3.63) is 22.8 Å². The van der Waals surface area contributed by atoms with Gasteiger partial charge in [0.1, 0.15) is 0 Å². The van der Waals surface area contributed by atoms with Gasteiger partial charge in [0.05, 0.1) is 0 Å². The molecular formula is C4H7N5O2. The number of nitrogens with zero attached hydrogens (tertiary/aromatic N) is 3. The highest BCUT2D eigenvalue weighted by atomic mass is 16.7. The number of rotatable bonds is 3. The Labute approximate surface area is 62.4 Å². The molecule has 0 saturated heterocycles. The molecule has 0 aliphatic rings. The minimum absolute atomic E-state index is 0.381. The molecule has 0 fully saturated rings. The van der Waals surface area contributed by atoms with Gasteiger partial charge >= 0.3 is 0 Å². The van der Waals surface area contributed by atoms with Crippen molar-refractivity contribution in [2.24, 2.45) is 15.9 Å². The van der Waals surface area contributed by atoms with Crippen molar-refractivity contribution in [1.29, 1.82) is 0 Å². The third-order valence-electron chi connectivity index (χ3n) is 0.543. The van der Waals surface area contributed by atoms with Gasteiger partial charge in [-0.2, -0.15) is 5.10 Å². The van der Waals surface area contributed by atoms with Gasteiger partial charge in [-0.05, 0) is 6.08 Å². The van der Waals surface area contributed by atoms with E-state index in [4.69, 9.17) is 5.73 Å². The lowest BCUT2D eigenvalue weighted by molar-refractivity contribution is -0.525. The van der Waals surface area contributed by atoms with Gasteiger partial charge in [0, 0.05) is 6.21 Å². The highest BCUT2D eigenvalue weighted by molar-refractivity contribution is 5.78. The van der Waals surface area contributed by atoms with Gasteiger partial charge in [0.15, 0.2) is 5.03 Å². The van der Waals surface area contributed by atoms with Crippen LogP contribution in [0.1, 0.15) is 0 Å². The fourth-order valence-electron chi connectivity index (χ4n) is 0.259. The van der Waals surface area contributed by atoms with Crippen molar-refractivity contribution in [2.45, 2.75) is 0 Å². The van der Waals surface area contributed by atoms with Crippen LogP contribution in [0.5, 0.6) is 0 Å². The number of guanidine groups is 1. The summed E-state index contributed by atoms with van der Waals surface area (Å²) in [6.45, 7) is 3.30. The molecule has 0 amide bonds. The average molecular weight is 157 g/mol. The second-order valence-corrected chi connectivity index (χ2v) is 1.35. The number of nitrogens with one attached hydrogen (secondary N) is 1. The monoisotopic (exact) mass is 157 g/mol. The number of hydrogen-bond donors (Lipinski definition) is 2. The number of nitro groups is 1. The van der Waals surface area contributed by atoms with E-state index in [-0.39, 0.29) is 5.96 Å². The largest absolute Gasteiger partial charge is 0.364 e. The summed E-state index contributed by atoms with van der Waals surface area (Å²) in [4.78, 5) is 9.70. The summed E-state index contributed by atoms with van der Waals surface area (Å²) >= 11 is 0. The second kappa shape index (κ2) is 4.91. The molecule has 7 heteroatoms. The summed E-state index contributed by atoms with van der Waals surface area (Å²) in [6, 6.07) is 0. The van der Waals surface area contributed by atoms with Crippen LogP contribution in [0.3, 0.4) is 0 Å². The van der Waals surface area contributed by atoms with E-state index < -0.39 is 5.03 Å². The third-order valence-corrected chi connectivity index (χ3v) is 0.543. The Morgan fingerprint density at radius 2 is 2.45 bits per heavy atom. The molecule has 0 bridgehead atoms. The fraction of sp³-hybridized carbons (Fsp3) is 0. The molecule has 0 aliphatic heterocycles. The van der Waals surface area contributed by atoms with E-state index in [1.807, 2.05) is 0 Å². The molecule has 0 aliphatic carbocycles. The maximum atomic E-state index is 9.70. The normalized spacial score (nSPS) is 11.5. The lowest BCUT2D eigenvalue weighted by Gasteiger charge is -1.89. The summed E-state index contributed by atoms with van der Waals surface area (Å²) in [5.41, 5.74) is 6.57. The number of hydrogen-bond acceptors (Lipinski definition) is 4. The van der Waals surface area contributed by atoms with Crippen LogP contribution < -0.4 is 11.2 Å². The van der Waals surface area contributed by atoms with Gasteiger partial charge in [0.2, 0.25) is 0 Å². The Bertz CT molecular complexity index is 209. The van der Waals surface area contributed by atoms with Crippen molar-refractivity contribution in [3.8, 4) is 0 Å². The Hall–Kier alpha value is -1.92. The topological polar surface area (TPSA) is 106 Å². The zero-order valence-corrected chi connectivity index (χ0v) is 5.60. The molecule has 0 atom stereocenters. The minimum Gasteiger partial charge on any atom is -0.364 e. The number of nitrogens with two attached hydrogens (primary N) is 1. The molecule has 0 radical (unpaired) electrons. The molecule has 11 heavy (non-hydrogen) atoms. The SMILES string of the molecule is C=CC=N/N=C(\N)N[N+](=O)[O-]. The van der Waals surface area contributed by atoms with Crippen LogP contribution in [0.4, 0.5) is 0 Å². The molecule has 0 saturated carbocycles. The van der Waals surface area contributed by atoms with Gasteiger partial charge in [-0.3, -0.25) is 0 Å². The molecule has 60 valence electrons. The van der Waals surface area contributed by atoms with Crippen molar-refractivity contribution >= 4 is 12.2 Å². The van der Waals surface area contributed by atoms with E-state index in [9.17, 15) is 10.1 Å². The standard InChI is InChI=1S/C4H7N5O2/c1-2-3-6-7-4(5)8-9(10)11/h2-3H,1H2,(H3,5,7,8). The van der Waals surface area contributed by atoms with E-state index in [2.05, 4.69) is 16.8 Å². The van der Waals surface area contributed by atoms with Crippen LogP contribution in [0.25, 0.3) is 0 Å². The van der Waals surface area contributed by atoms with Gasteiger partial charge in [-0.1, -0.05) is 12.0 Å². The number of allylic oxidation sites excluding steroid dienone is 1. The minimum atomic E-state index is -0.831. The third kappa shape index (κ3) is 5.96. The van der Waals surface area contributed by atoms with Crippen molar-refractivity contribution in [1.82, 2.24) is 5.43 Å². The molecule has 0 heterocycles. The summed E-state index contributed by atoms with van der Waals surface area (Å²) in [5.74, 6) is -0.381. The van der Waals surface area contributed by atoms with Crippen molar-refractivity contribution in [2.75, 3.05) is 0 Å². The smallest absolute Gasteiger partial charge is 0.275 e. The predicted molar refractivity (Wildman–Crippen MR) is 40.4 cm³/mol. The van der Waals surface area contributed by atoms with Crippen LogP contribution in [0.2, 0.25) is 0 Å². The first-order chi connectivity index (χ1) is 5.16. The van der Waals surface area contributed by atoms with E-state index in [1.54, 1.807) is 5.43 Å². The molecule has 0 aromatic heterocycles.